The van der Waals surface area contributed by atoms with E-state index in [1.54, 1.807) is 11.1 Å². The number of hydrogen-bond acceptors (Lipinski definition) is 1. The Labute approximate surface area is 136 Å². The van der Waals surface area contributed by atoms with E-state index >= 15 is 0 Å². The van der Waals surface area contributed by atoms with E-state index in [9.17, 15) is 0 Å². The van der Waals surface area contributed by atoms with Crippen molar-refractivity contribution >= 4 is 0 Å². The molecule has 0 heterocycles. The second-order valence-corrected chi connectivity index (χ2v) is 7.32. The molecular weight excluding hydrogens is 266 g/mol. The van der Waals surface area contributed by atoms with Crippen molar-refractivity contribution in [3.05, 3.63) is 58.2 Å². The Kier molecular flexibility index (Phi) is 5.63. The first-order valence-electron chi connectivity index (χ1n) is 8.59. The van der Waals surface area contributed by atoms with Gasteiger partial charge in [0.25, 0.3) is 0 Å². The third-order valence-corrected chi connectivity index (χ3v) is 5.11. The minimum atomic E-state index is 0.323. The Morgan fingerprint density at radius 1 is 1.23 bits per heavy atom. The van der Waals surface area contributed by atoms with Gasteiger partial charge >= 0.3 is 0 Å². The van der Waals surface area contributed by atoms with E-state index in [1.807, 2.05) is 0 Å². The van der Waals surface area contributed by atoms with Crippen LogP contribution in [0.15, 0.2) is 58.2 Å². The van der Waals surface area contributed by atoms with Gasteiger partial charge in [-0.05, 0) is 68.1 Å². The maximum atomic E-state index is 5.58. The zero-order valence-electron chi connectivity index (χ0n) is 14.7. The summed E-state index contributed by atoms with van der Waals surface area (Å²) in [6.45, 7) is 9.93. The molecule has 2 aliphatic rings. The summed E-state index contributed by atoms with van der Waals surface area (Å²) < 4.78 is 0. The Morgan fingerprint density at radius 3 is 2.59 bits per heavy atom. The molecule has 0 aromatic carbocycles. The predicted octanol–water partition coefficient (Wildman–Crippen LogP) is 5.62. The molecule has 2 aliphatic carbocycles. The fourth-order valence-electron chi connectivity index (χ4n) is 3.63. The largest absolute Gasteiger partial charge is 0.327 e. The van der Waals surface area contributed by atoms with Crippen molar-refractivity contribution in [2.75, 3.05) is 6.54 Å². The Bertz CT molecular complexity index is 565. The summed E-state index contributed by atoms with van der Waals surface area (Å²) in [6, 6.07) is 0. The number of nitrogens with two attached hydrogens (primary N) is 1. The molecule has 0 atom stereocenters. The standard InChI is InChI=1S/C21H31N/c1-16(19-10-8-18(9-11-19)13-15-22)7-12-20-17(2)6-5-14-21(20,3)4/h7-8,10,12-13H,5-6,9,11,14-15,22H2,1-4H3/b12-7+,18-13-,19-16-. The first-order chi connectivity index (χ1) is 10.4. The first-order valence-corrected chi connectivity index (χ1v) is 8.59. The SMILES string of the molecule is CC1=C(/C=C/C(C)=C2C=C/C(=C/CN)CC/2)C(C)(C)CCC1. The van der Waals surface area contributed by atoms with Gasteiger partial charge in [-0.1, -0.05) is 55.4 Å². The van der Waals surface area contributed by atoms with Crippen molar-refractivity contribution in [3.8, 4) is 0 Å². The highest BCUT2D eigenvalue weighted by molar-refractivity contribution is 5.42. The fourth-order valence-corrected chi connectivity index (χ4v) is 3.63. The Hall–Kier alpha value is -1.34. The molecule has 0 saturated carbocycles. The molecule has 0 spiro atoms. The smallest absolute Gasteiger partial charge is 0.0112 e. The lowest BCUT2D eigenvalue weighted by molar-refractivity contribution is 0.377. The molecule has 22 heavy (non-hydrogen) atoms. The summed E-state index contributed by atoms with van der Waals surface area (Å²) in [7, 11) is 0. The van der Waals surface area contributed by atoms with Gasteiger partial charge in [0, 0.05) is 6.54 Å². The van der Waals surface area contributed by atoms with Crippen molar-refractivity contribution in [2.24, 2.45) is 11.1 Å². The maximum absolute atomic E-state index is 5.58. The highest BCUT2D eigenvalue weighted by Crippen LogP contribution is 2.41. The summed E-state index contributed by atoms with van der Waals surface area (Å²) in [5.41, 5.74) is 13.2. The molecule has 1 nitrogen and oxygen atoms in total. The lowest BCUT2D eigenvalue weighted by Gasteiger charge is -2.33. The molecule has 120 valence electrons. The van der Waals surface area contributed by atoms with E-state index in [1.165, 1.54) is 36.0 Å². The van der Waals surface area contributed by atoms with Crippen LogP contribution in [0.4, 0.5) is 0 Å². The van der Waals surface area contributed by atoms with Crippen molar-refractivity contribution in [3.63, 3.8) is 0 Å². The number of hydrogen-bond donors (Lipinski definition) is 1. The first kappa shape index (κ1) is 17.0. The lowest BCUT2D eigenvalue weighted by atomic mass is 9.72. The third-order valence-electron chi connectivity index (χ3n) is 5.11. The fraction of sp³-hybridized carbons (Fsp3) is 0.524. The topological polar surface area (TPSA) is 26.0 Å². The molecule has 0 aliphatic heterocycles. The molecule has 0 amide bonds. The molecular formula is C21H31N. The minimum Gasteiger partial charge on any atom is -0.327 e. The van der Waals surface area contributed by atoms with Crippen molar-refractivity contribution in [1.29, 1.82) is 0 Å². The van der Waals surface area contributed by atoms with Crippen LogP contribution < -0.4 is 5.73 Å². The number of allylic oxidation sites excluding steroid dienone is 9. The molecule has 0 saturated heterocycles. The van der Waals surface area contributed by atoms with E-state index in [4.69, 9.17) is 5.73 Å². The minimum absolute atomic E-state index is 0.323. The van der Waals surface area contributed by atoms with E-state index in [0.29, 0.717) is 12.0 Å². The molecule has 0 bridgehead atoms. The van der Waals surface area contributed by atoms with Crippen LogP contribution in [0.2, 0.25) is 0 Å². The van der Waals surface area contributed by atoms with Crippen LogP contribution in [0.5, 0.6) is 0 Å². The normalized spacial score (nSPS) is 26.1. The van der Waals surface area contributed by atoms with E-state index in [2.05, 4.69) is 58.1 Å². The van der Waals surface area contributed by atoms with Gasteiger partial charge in [-0.3, -0.25) is 0 Å². The van der Waals surface area contributed by atoms with Crippen LogP contribution in [-0.4, -0.2) is 6.54 Å². The summed E-state index contributed by atoms with van der Waals surface area (Å²) in [6.07, 6.45) is 17.4. The van der Waals surface area contributed by atoms with Crippen LogP contribution in [-0.2, 0) is 0 Å². The zero-order valence-corrected chi connectivity index (χ0v) is 14.7. The second-order valence-electron chi connectivity index (χ2n) is 7.32. The summed E-state index contributed by atoms with van der Waals surface area (Å²) in [4.78, 5) is 0. The summed E-state index contributed by atoms with van der Waals surface area (Å²) >= 11 is 0. The summed E-state index contributed by atoms with van der Waals surface area (Å²) in [5.74, 6) is 0. The quantitative estimate of drug-likeness (QED) is 0.718. The van der Waals surface area contributed by atoms with Crippen molar-refractivity contribution in [2.45, 2.75) is 59.8 Å². The van der Waals surface area contributed by atoms with Gasteiger partial charge in [0.1, 0.15) is 0 Å². The van der Waals surface area contributed by atoms with Gasteiger partial charge in [0.05, 0.1) is 0 Å². The average Bonchev–Trinajstić information content (AvgIpc) is 2.47. The van der Waals surface area contributed by atoms with Crippen LogP contribution >= 0.6 is 0 Å². The van der Waals surface area contributed by atoms with Gasteiger partial charge in [0.2, 0.25) is 0 Å². The van der Waals surface area contributed by atoms with Crippen LogP contribution in [0.3, 0.4) is 0 Å². The average molecular weight is 297 g/mol. The van der Waals surface area contributed by atoms with Gasteiger partial charge in [-0.15, -0.1) is 0 Å². The molecule has 2 rings (SSSR count). The van der Waals surface area contributed by atoms with Crippen molar-refractivity contribution in [1.82, 2.24) is 0 Å². The molecule has 0 aromatic heterocycles. The van der Waals surface area contributed by atoms with Gasteiger partial charge in [0.15, 0.2) is 0 Å². The van der Waals surface area contributed by atoms with Crippen LogP contribution in [0.1, 0.15) is 59.8 Å². The van der Waals surface area contributed by atoms with Crippen molar-refractivity contribution < 1.29 is 0 Å². The predicted molar refractivity (Wildman–Crippen MR) is 97.7 cm³/mol. The van der Waals surface area contributed by atoms with E-state index in [-0.39, 0.29) is 0 Å². The van der Waals surface area contributed by atoms with E-state index < -0.39 is 0 Å². The van der Waals surface area contributed by atoms with Gasteiger partial charge in [-0.25, -0.2) is 0 Å². The molecule has 2 N–H and O–H groups in total. The highest BCUT2D eigenvalue weighted by atomic mass is 14.5. The van der Waals surface area contributed by atoms with E-state index in [0.717, 1.165) is 12.8 Å². The Balaban J connectivity index is 2.18. The van der Waals surface area contributed by atoms with Gasteiger partial charge in [-0.2, -0.15) is 0 Å². The monoisotopic (exact) mass is 297 g/mol. The summed E-state index contributed by atoms with van der Waals surface area (Å²) in [5, 5.41) is 0. The van der Waals surface area contributed by atoms with Gasteiger partial charge < -0.3 is 5.73 Å². The number of rotatable bonds is 3. The van der Waals surface area contributed by atoms with Crippen LogP contribution in [0.25, 0.3) is 0 Å². The highest BCUT2D eigenvalue weighted by Gasteiger charge is 2.26. The molecule has 1 heteroatoms. The zero-order chi connectivity index (χ0) is 16.2. The third kappa shape index (κ3) is 4.10. The second kappa shape index (κ2) is 7.28. The molecule has 0 unspecified atom stereocenters. The maximum Gasteiger partial charge on any atom is 0.0112 e. The van der Waals surface area contributed by atoms with Crippen LogP contribution in [0, 0.1) is 5.41 Å². The molecule has 0 radical (unpaired) electrons. The Morgan fingerprint density at radius 2 is 2.00 bits per heavy atom. The lowest BCUT2D eigenvalue weighted by Crippen LogP contribution is -2.19. The molecule has 0 aromatic rings. The molecule has 0 fully saturated rings.